The van der Waals surface area contributed by atoms with Crippen molar-refractivity contribution in [3.8, 4) is 11.5 Å². The zero-order valence-electron chi connectivity index (χ0n) is 18.7. The van der Waals surface area contributed by atoms with Gasteiger partial charge < -0.3 is 20.1 Å². The molecule has 32 heavy (non-hydrogen) atoms. The van der Waals surface area contributed by atoms with Crippen molar-refractivity contribution in [1.82, 2.24) is 15.2 Å². The highest BCUT2D eigenvalue weighted by atomic mass is 16.5. The third kappa shape index (κ3) is 4.34. The summed E-state index contributed by atoms with van der Waals surface area (Å²) >= 11 is 0. The van der Waals surface area contributed by atoms with Gasteiger partial charge in [0.1, 0.15) is 12.4 Å². The summed E-state index contributed by atoms with van der Waals surface area (Å²) in [6, 6.07) is 7.33. The number of anilines is 2. The molecule has 0 bridgehead atoms. The third-order valence-corrected chi connectivity index (χ3v) is 5.82. The number of aryl methyl sites for hydroxylation is 2. The maximum absolute atomic E-state index is 8.73. The van der Waals surface area contributed by atoms with Crippen LogP contribution in [-0.2, 0) is 6.61 Å². The summed E-state index contributed by atoms with van der Waals surface area (Å²) < 4.78 is 11.5. The largest absolute Gasteiger partial charge is 0.493 e. The second-order valence-corrected chi connectivity index (χ2v) is 7.94. The fraction of sp³-hybridized carbons (Fsp3) is 0.333. The first kappa shape index (κ1) is 21.5. The summed E-state index contributed by atoms with van der Waals surface area (Å²) in [6.07, 6.45) is 5.83. The second kappa shape index (κ2) is 9.21. The zero-order valence-corrected chi connectivity index (χ0v) is 18.7. The van der Waals surface area contributed by atoms with E-state index in [2.05, 4.69) is 20.1 Å². The van der Waals surface area contributed by atoms with Crippen LogP contribution in [0.2, 0.25) is 0 Å². The number of nitrogens with zero attached hydrogens (tertiary/aromatic N) is 4. The third-order valence-electron chi connectivity index (χ3n) is 5.82. The van der Waals surface area contributed by atoms with E-state index in [1.165, 1.54) is 12.8 Å². The lowest BCUT2D eigenvalue weighted by molar-refractivity contribution is 0.282. The summed E-state index contributed by atoms with van der Waals surface area (Å²) in [4.78, 5) is 6.83. The minimum absolute atomic E-state index is 0.286. The topological polar surface area (TPSA) is 110 Å². The fourth-order valence-corrected chi connectivity index (χ4v) is 3.88. The van der Waals surface area contributed by atoms with Crippen molar-refractivity contribution in [3.05, 3.63) is 64.6 Å². The number of nitrogens with two attached hydrogens (primary N) is 1. The van der Waals surface area contributed by atoms with Crippen molar-refractivity contribution in [3.63, 3.8) is 0 Å². The van der Waals surface area contributed by atoms with Crippen molar-refractivity contribution < 1.29 is 9.47 Å². The Morgan fingerprint density at radius 2 is 1.91 bits per heavy atom. The van der Waals surface area contributed by atoms with Gasteiger partial charge in [-0.1, -0.05) is 0 Å². The lowest BCUT2D eigenvalue weighted by atomic mass is 10.0. The van der Waals surface area contributed by atoms with Crippen LogP contribution in [0.4, 0.5) is 11.5 Å². The fourth-order valence-electron chi connectivity index (χ4n) is 3.88. The highest BCUT2D eigenvalue weighted by Crippen LogP contribution is 2.34. The molecular formula is C24H28N6O2. The molecule has 1 aliphatic rings. The quantitative estimate of drug-likeness (QED) is 0.433. The molecule has 8 nitrogen and oxygen atoms in total. The van der Waals surface area contributed by atoms with Gasteiger partial charge in [0.15, 0.2) is 11.5 Å². The number of nitrogen functional groups attached to an aromatic ring is 1. The van der Waals surface area contributed by atoms with E-state index in [9.17, 15) is 0 Å². The van der Waals surface area contributed by atoms with E-state index in [4.69, 9.17) is 20.6 Å². The minimum Gasteiger partial charge on any atom is -0.493 e. The molecule has 2 aromatic heterocycles. The van der Waals surface area contributed by atoms with E-state index in [1.54, 1.807) is 31.6 Å². The molecule has 3 N–H and O–H groups in total. The van der Waals surface area contributed by atoms with Crippen LogP contribution < -0.4 is 20.1 Å². The van der Waals surface area contributed by atoms with Gasteiger partial charge in [-0.2, -0.15) is 10.2 Å². The van der Waals surface area contributed by atoms with Gasteiger partial charge in [-0.05, 0) is 50.5 Å². The Kier molecular flexibility index (Phi) is 6.20. The molecule has 4 rings (SSSR count). The molecule has 0 radical (unpaired) electrons. The van der Waals surface area contributed by atoms with Gasteiger partial charge in [0.25, 0.3) is 0 Å². The monoisotopic (exact) mass is 432 g/mol. The van der Waals surface area contributed by atoms with Crippen LogP contribution in [-0.4, -0.2) is 41.1 Å². The standard InChI is InChI=1S/C24H28N6O2/c1-15-12-28-29-16(2)19(15)14-32-22-10-18(20(25)11-21(22)31-3)24(26)17-6-7-23(27-13-17)30-8-4-5-9-30/h6-7,10-13,26H,4-5,8-9,14,25H2,1-3H3. The molecule has 3 aromatic rings. The first-order valence-electron chi connectivity index (χ1n) is 10.7. The van der Waals surface area contributed by atoms with E-state index in [0.29, 0.717) is 34.9 Å². The Labute approximate surface area is 187 Å². The molecule has 0 saturated carbocycles. The van der Waals surface area contributed by atoms with Crippen molar-refractivity contribution in [2.24, 2.45) is 0 Å². The lowest BCUT2D eigenvalue weighted by Gasteiger charge is -2.18. The average molecular weight is 433 g/mol. The molecule has 0 spiro atoms. The highest BCUT2D eigenvalue weighted by molar-refractivity contribution is 6.14. The van der Waals surface area contributed by atoms with E-state index in [0.717, 1.165) is 35.7 Å². The van der Waals surface area contributed by atoms with E-state index < -0.39 is 0 Å². The van der Waals surface area contributed by atoms with Crippen LogP contribution in [0.3, 0.4) is 0 Å². The van der Waals surface area contributed by atoms with Crippen molar-refractivity contribution in [1.29, 1.82) is 5.41 Å². The molecule has 0 amide bonds. The highest BCUT2D eigenvalue weighted by Gasteiger charge is 2.18. The van der Waals surface area contributed by atoms with Gasteiger partial charge in [-0.25, -0.2) is 4.98 Å². The van der Waals surface area contributed by atoms with Crippen LogP contribution in [0.5, 0.6) is 11.5 Å². The van der Waals surface area contributed by atoms with Crippen LogP contribution in [0.15, 0.2) is 36.7 Å². The van der Waals surface area contributed by atoms with Crippen molar-refractivity contribution in [2.75, 3.05) is 30.8 Å². The number of ether oxygens (including phenoxy) is 2. The molecule has 1 fully saturated rings. The zero-order chi connectivity index (χ0) is 22.7. The smallest absolute Gasteiger partial charge is 0.162 e. The number of methoxy groups -OCH3 is 1. The predicted molar refractivity (Wildman–Crippen MR) is 125 cm³/mol. The first-order chi connectivity index (χ1) is 15.5. The Hall–Kier alpha value is -3.68. The normalized spacial score (nSPS) is 13.3. The van der Waals surface area contributed by atoms with Crippen LogP contribution in [0.1, 0.15) is 40.8 Å². The number of pyridine rings is 1. The lowest BCUT2D eigenvalue weighted by Crippen LogP contribution is -2.19. The number of hydrogen-bond donors (Lipinski definition) is 2. The molecule has 1 aromatic carbocycles. The molecule has 1 aliphatic heterocycles. The summed E-state index contributed by atoms with van der Waals surface area (Å²) in [5, 5.41) is 16.8. The van der Waals surface area contributed by atoms with Crippen LogP contribution in [0, 0.1) is 19.3 Å². The molecule has 166 valence electrons. The molecule has 3 heterocycles. The Balaban J connectivity index is 1.59. The summed E-state index contributed by atoms with van der Waals surface area (Å²) in [5.74, 6) is 1.97. The maximum Gasteiger partial charge on any atom is 0.162 e. The number of hydrogen-bond acceptors (Lipinski definition) is 8. The molecular weight excluding hydrogens is 404 g/mol. The summed E-state index contributed by atoms with van der Waals surface area (Å²) in [5.41, 5.74) is 11.0. The number of nitrogens with one attached hydrogen (secondary N) is 1. The molecule has 0 atom stereocenters. The first-order valence-corrected chi connectivity index (χ1v) is 10.7. The van der Waals surface area contributed by atoms with E-state index >= 15 is 0 Å². The van der Waals surface area contributed by atoms with Gasteiger partial charge in [-0.3, -0.25) is 5.41 Å². The van der Waals surface area contributed by atoms with Gasteiger partial charge in [0.2, 0.25) is 0 Å². The number of benzene rings is 1. The predicted octanol–water partition coefficient (Wildman–Crippen LogP) is 3.67. The Morgan fingerprint density at radius 3 is 2.56 bits per heavy atom. The maximum atomic E-state index is 8.73. The summed E-state index contributed by atoms with van der Waals surface area (Å²) in [7, 11) is 1.57. The average Bonchev–Trinajstić information content (AvgIpc) is 3.34. The van der Waals surface area contributed by atoms with E-state index in [1.807, 2.05) is 26.0 Å². The molecule has 8 heteroatoms. The SMILES string of the molecule is COc1cc(N)c(C(=N)c2ccc(N3CCCC3)nc2)cc1OCc1c(C)cnnc1C. The van der Waals surface area contributed by atoms with Crippen molar-refractivity contribution in [2.45, 2.75) is 33.3 Å². The Morgan fingerprint density at radius 1 is 1.12 bits per heavy atom. The summed E-state index contributed by atoms with van der Waals surface area (Å²) in [6.45, 7) is 6.25. The Bertz CT molecular complexity index is 1100. The van der Waals surface area contributed by atoms with E-state index in [-0.39, 0.29) is 5.71 Å². The number of rotatable bonds is 7. The van der Waals surface area contributed by atoms with Crippen LogP contribution in [0.25, 0.3) is 0 Å². The molecule has 0 unspecified atom stereocenters. The number of aromatic nitrogens is 3. The van der Waals surface area contributed by atoms with Gasteiger partial charge in [0, 0.05) is 47.7 Å². The molecule has 0 aliphatic carbocycles. The van der Waals surface area contributed by atoms with Crippen LogP contribution >= 0.6 is 0 Å². The minimum atomic E-state index is 0.286. The van der Waals surface area contributed by atoms with Crippen molar-refractivity contribution >= 4 is 17.2 Å². The molecule has 1 saturated heterocycles. The van der Waals surface area contributed by atoms with Gasteiger partial charge in [-0.15, -0.1) is 0 Å². The van der Waals surface area contributed by atoms with Gasteiger partial charge in [0.05, 0.1) is 24.7 Å². The van der Waals surface area contributed by atoms with Gasteiger partial charge >= 0.3 is 0 Å². The second-order valence-electron chi connectivity index (χ2n) is 7.94.